The molecule has 0 aromatic rings. The van der Waals surface area contributed by atoms with E-state index in [1.54, 1.807) is 0 Å². The van der Waals surface area contributed by atoms with Crippen LogP contribution in [0.25, 0.3) is 0 Å². The molecule has 11 heavy (non-hydrogen) atoms. The highest BCUT2D eigenvalue weighted by molar-refractivity contribution is 5.75. The minimum Gasteiger partial charge on any atom is -0.330 e. The van der Waals surface area contributed by atoms with Crippen molar-refractivity contribution in [2.24, 2.45) is 5.73 Å². The molecule has 1 rings (SSSR count). The molecule has 0 saturated carbocycles. The summed E-state index contributed by atoms with van der Waals surface area (Å²) in [5.74, 6) is 0.0629. The fourth-order valence-corrected chi connectivity index (χ4v) is 1.02. The fraction of sp³-hybridized carbons (Fsp3) is 0.857. The van der Waals surface area contributed by atoms with Crippen LogP contribution in [0.3, 0.4) is 0 Å². The van der Waals surface area contributed by atoms with Crippen molar-refractivity contribution in [3.8, 4) is 0 Å². The maximum Gasteiger partial charge on any atom is 0.246 e. The number of carbonyl (C=O) groups excluding carboxylic acids is 1. The van der Waals surface area contributed by atoms with E-state index in [1.165, 1.54) is 5.06 Å². The number of carbonyl (C=O) groups is 1. The van der Waals surface area contributed by atoms with Crippen LogP contribution in [-0.4, -0.2) is 30.7 Å². The van der Waals surface area contributed by atoms with Gasteiger partial charge >= 0.3 is 0 Å². The summed E-state index contributed by atoms with van der Waals surface area (Å²) in [4.78, 5) is 16.2. The fourth-order valence-electron chi connectivity index (χ4n) is 1.02. The third-order valence-corrected chi connectivity index (χ3v) is 1.63. The lowest BCUT2D eigenvalue weighted by Crippen LogP contribution is -2.26. The number of nitrogens with two attached hydrogens (primary N) is 1. The molecule has 2 N–H and O–H groups in total. The molecule has 1 amide bonds. The maximum atomic E-state index is 11.1. The molecule has 1 aliphatic heterocycles. The second kappa shape index (κ2) is 4.31. The van der Waals surface area contributed by atoms with Gasteiger partial charge in [0, 0.05) is 6.42 Å². The molecule has 0 aliphatic carbocycles. The van der Waals surface area contributed by atoms with E-state index >= 15 is 0 Å². The Balaban J connectivity index is 2.17. The zero-order valence-corrected chi connectivity index (χ0v) is 6.58. The number of hydroxylamine groups is 2. The lowest BCUT2D eigenvalue weighted by atomic mass is 10.3. The Morgan fingerprint density at radius 2 is 2.45 bits per heavy atom. The first kappa shape index (κ1) is 8.49. The van der Waals surface area contributed by atoms with E-state index in [9.17, 15) is 4.79 Å². The van der Waals surface area contributed by atoms with Crippen LogP contribution < -0.4 is 5.73 Å². The summed E-state index contributed by atoms with van der Waals surface area (Å²) in [6.45, 7) is 1.98. The van der Waals surface area contributed by atoms with Gasteiger partial charge in [-0.2, -0.15) is 0 Å². The van der Waals surface area contributed by atoms with Crippen molar-refractivity contribution in [1.29, 1.82) is 0 Å². The molecule has 0 radical (unpaired) electrons. The zero-order chi connectivity index (χ0) is 8.10. The van der Waals surface area contributed by atoms with Crippen LogP contribution in [0.5, 0.6) is 0 Å². The SMILES string of the molecule is NCCCC(=O)N1CCCO1. The predicted octanol–water partition coefficient (Wildman–Crippen LogP) is -0.111. The van der Waals surface area contributed by atoms with Crippen molar-refractivity contribution >= 4 is 5.91 Å². The van der Waals surface area contributed by atoms with Gasteiger partial charge in [0.1, 0.15) is 0 Å². The molecule has 1 fully saturated rings. The first-order chi connectivity index (χ1) is 5.34. The smallest absolute Gasteiger partial charge is 0.246 e. The Bertz CT molecular complexity index is 132. The molecule has 0 bridgehead atoms. The summed E-state index contributed by atoms with van der Waals surface area (Å²) in [6, 6.07) is 0. The predicted molar refractivity (Wildman–Crippen MR) is 40.6 cm³/mol. The van der Waals surface area contributed by atoms with Gasteiger partial charge in [-0.25, -0.2) is 5.06 Å². The molecule has 0 atom stereocenters. The molecule has 4 nitrogen and oxygen atoms in total. The first-order valence-electron chi connectivity index (χ1n) is 3.98. The summed E-state index contributed by atoms with van der Waals surface area (Å²) in [7, 11) is 0. The van der Waals surface area contributed by atoms with E-state index < -0.39 is 0 Å². The summed E-state index contributed by atoms with van der Waals surface area (Å²) in [6.07, 6.45) is 2.21. The van der Waals surface area contributed by atoms with E-state index in [1.807, 2.05) is 0 Å². The third kappa shape index (κ3) is 2.48. The van der Waals surface area contributed by atoms with Crippen molar-refractivity contribution < 1.29 is 9.63 Å². The van der Waals surface area contributed by atoms with Crippen molar-refractivity contribution in [2.75, 3.05) is 19.7 Å². The van der Waals surface area contributed by atoms with E-state index in [2.05, 4.69) is 0 Å². The highest BCUT2D eigenvalue weighted by atomic mass is 16.7. The van der Waals surface area contributed by atoms with Gasteiger partial charge in [-0.3, -0.25) is 9.63 Å². The largest absolute Gasteiger partial charge is 0.330 e. The van der Waals surface area contributed by atoms with Gasteiger partial charge in [-0.1, -0.05) is 0 Å². The summed E-state index contributed by atoms with van der Waals surface area (Å²) >= 11 is 0. The quantitative estimate of drug-likeness (QED) is 0.623. The molecule has 1 aliphatic rings. The molecule has 4 heteroatoms. The van der Waals surface area contributed by atoms with Crippen LogP contribution in [-0.2, 0) is 9.63 Å². The molecule has 1 saturated heterocycles. The number of hydrogen-bond acceptors (Lipinski definition) is 3. The Morgan fingerprint density at radius 3 is 3.00 bits per heavy atom. The third-order valence-electron chi connectivity index (χ3n) is 1.63. The van der Waals surface area contributed by atoms with Crippen molar-refractivity contribution in [2.45, 2.75) is 19.3 Å². The molecule has 0 aromatic carbocycles. The van der Waals surface area contributed by atoms with Gasteiger partial charge < -0.3 is 5.73 Å². The van der Waals surface area contributed by atoms with E-state index in [4.69, 9.17) is 10.6 Å². The Hall–Kier alpha value is -0.610. The average Bonchev–Trinajstić information content (AvgIpc) is 2.52. The lowest BCUT2D eigenvalue weighted by Gasteiger charge is -2.12. The normalized spacial score (nSPS) is 17.4. The van der Waals surface area contributed by atoms with Gasteiger partial charge in [-0.05, 0) is 19.4 Å². The van der Waals surface area contributed by atoms with Crippen LogP contribution in [0, 0.1) is 0 Å². The van der Waals surface area contributed by atoms with Crippen molar-refractivity contribution in [3.63, 3.8) is 0 Å². The summed E-state index contributed by atoms with van der Waals surface area (Å²) < 4.78 is 0. The van der Waals surface area contributed by atoms with Gasteiger partial charge in [0.05, 0.1) is 13.2 Å². The molecule has 1 heterocycles. The second-order valence-corrected chi connectivity index (χ2v) is 2.57. The molecular weight excluding hydrogens is 144 g/mol. The average molecular weight is 158 g/mol. The Morgan fingerprint density at radius 1 is 1.64 bits per heavy atom. The summed E-state index contributed by atoms with van der Waals surface area (Å²) in [5, 5.41) is 1.44. The maximum absolute atomic E-state index is 11.1. The van der Waals surface area contributed by atoms with Gasteiger partial charge in [0.25, 0.3) is 0 Å². The first-order valence-corrected chi connectivity index (χ1v) is 3.98. The van der Waals surface area contributed by atoms with E-state index in [0.29, 0.717) is 19.6 Å². The minimum atomic E-state index is 0.0629. The minimum absolute atomic E-state index is 0.0629. The highest BCUT2D eigenvalue weighted by Crippen LogP contribution is 2.06. The van der Waals surface area contributed by atoms with Gasteiger partial charge in [0.2, 0.25) is 5.91 Å². The van der Waals surface area contributed by atoms with Gasteiger partial charge in [0.15, 0.2) is 0 Å². The summed E-state index contributed by atoms with van der Waals surface area (Å²) in [5.41, 5.74) is 5.26. The van der Waals surface area contributed by atoms with Crippen molar-refractivity contribution in [3.05, 3.63) is 0 Å². The van der Waals surface area contributed by atoms with Crippen LogP contribution in [0.1, 0.15) is 19.3 Å². The number of rotatable bonds is 3. The topological polar surface area (TPSA) is 55.6 Å². The van der Waals surface area contributed by atoms with Crippen LogP contribution in [0.2, 0.25) is 0 Å². The highest BCUT2D eigenvalue weighted by Gasteiger charge is 2.17. The molecule has 0 spiro atoms. The number of nitrogens with zero attached hydrogens (tertiary/aromatic N) is 1. The van der Waals surface area contributed by atoms with Crippen LogP contribution in [0.4, 0.5) is 0 Å². The van der Waals surface area contributed by atoms with E-state index in [-0.39, 0.29) is 5.91 Å². The zero-order valence-electron chi connectivity index (χ0n) is 6.58. The second-order valence-electron chi connectivity index (χ2n) is 2.57. The standard InChI is InChI=1S/C7H14N2O2/c8-4-1-3-7(10)9-5-2-6-11-9/h1-6,8H2. The Labute approximate surface area is 66.3 Å². The van der Waals surface area contributed by atoms with Crippen LogP contribution in [0.15, 0.2) is 0 Å². The number of hydrogen-bond donors (Lipinski definition) is 1. The molecule has 64 valence electrons. The molecule has 0 unspecified atom stereocenters. The lowest BCUT2D eigenvalue weighted by molar-refractivity contribution is -0.168. The molecule has 0 aromatic heterocycles. The van der Waals surface area contributed by atoms with Crippen molar-refractivity contribution in [1.82, 2.24) is 5.06 Å². The van der Waals surface area contributed by atoms with E-state index in [0.717, 1.165) is 19.4 Å². The van der Waals surface area contributed by atoms with Gasteiger partial charge in [-0.15, -0.1) is 0 Å². The van der Waals surface area contributed by atoms with Crippen LogP contribution >= 0.6 is 0 Å². The Kier molecular flexibility index (Phi) is 3.32. The number of amides is 1. The monoisotopic (exact) mass is 158 g/mol. The molecular formula is C7H14N2O2.